The molecule has 0 atom stereocenters. The number of ether oxygens (including phenoxy) is 1. The summed E-state index contributed by atoms with van der Waals surface area (Å²) in [5, 5.41) is 14.3. The SMILES string of the molecule is CCOc1ccccc1CCNc1nc2ccccn2c(=O)c1[N+](=O)[O-]. The molecule has 8 heteroatoms. The van der Waals surface area contributed by atoms with Crippen molar-refractivity contribution >= 4 is 17.2 Å². The number of rotatable bonds is 7. The summed E-state index contributed by atoms with van der Waals surface area (Å²) in [6, 6.07) is 12.6. The van der Waals surface area contributed by atoms with Gasteiger partial charge in [0.15, 0.2) is 0 Å². The van der Waals surface area contributed by atoms with E-state index in [1.165, 1.54) is 6.20 Å². The molecular formula is C18H18N4O4. The molecule has 26 heavy (non-hydrogen) atoms. The van der Waals surface area contributed by atoms with E-state index in [1.54, 1.807) is 18.2 Å². The summed E-state index contributed by atoms with van der Waals surface area (Å²) in [7, 11) is 0. The molecule has 0 fully saturated rings. The Kier molecular flexibility index (Phi) is 5.12. The molecule has 0 spiro atoms. The van der Waals surface area contributed by atoms with Crippen LogP contribution in [0.5, 0.6) is 5.75 Å². The van der Waals surface area contributed by atoms with Crippen LogP contribution in [0.2, 0.25) is 0 Å². The summed E-state index contributed by atoms with van der Waals surface area (Å²) in [6.45, 7) is 2.84. The number of anilines is 1. The van der Waals surface area contributed by atoms with Crippen molar-refractivity contribution in [3.05, 3.63) is 74.7 Å². The highest BCUT2D eigenvalue weighted by atomic mass is 16.6. The number of aromatic nitrogens is 2. The first kappa shape index (κ1) is 17.4. The van der Waals surface area contributed by atoms with Crippen LogP contribution in [0.1, 0.15) is 12.5 Å². The van der Waals surface area contributed by atoms with E-state index in [1.807, 2.05) is 31.2 Å². The molecule has 0 radical (unpaired) electrons. The largest absolute Gasteiger partial charge is 0.494 e. The van der Waals surface area contributed by atoms with E-state index in [9.17, 15) is 14.9 Å². The van der Waals surface area contributed by atoms with Crippen LogP contribution >= 0.6 is 0 Å². The molecule has 0 aliphatic rings. The average molecular weight is 354 g/mol. The maximum atomic E-state index is 12.4. The number of fused-ring (bicyclic) bond motifs is 1. The molecule has 0 saturated carbocycles. The average Bonchev–Trinajstić information content (AvgIpc) is 2.63. The number of hydrogen-bond acceptors (Lipinski definition) is 6. The number of benzene rings is 1. The van der Waals surface area contributed by atoms with Crippen molar-refractivity contribution in [3.63, 3.8) is 0 Å². The van der Waals surface area contributed by atoms with E-state index in [4.69, 9.17) is 4.74 Å². The second-order valence-electron chi connectivity index (χ2n) is 5.52. The maximum absolute atomic E-state index is 12.4. The van der Waals surface area contributed by atoms with Gasteiger partial charge in [0, 0.05) is 12.7 Å². The number of pyridine rings is 1. The zero-order chi connectivity index (χ0) is 18.5. The fourth-order valence-electron chi connectivity index (χ4n) is 2.69. The van der Waals surface area contributed by atoms with Crippen LogP contribution < -0.4 is 15.6 Å². The molecule has 3 aromatic rings. The minimum atomic E-state index is -0.710. The highest BCUT2D eigenvalue weighted by Gasteiger charge is 2.23. The number of nitro groups is 1. The molecule has 0 aliphatic heterocycles. The summed E-state index contributed by atoms with van der Waals surface area (Å²) < 4.78 is 6.73. The fraction of sp³-hybridized carbons (Fsp3) is 0.222. The molecule has 0 saturated heterocycles. The van der Waals surface area contributed by atoms with Crippen molar-refractivity contribution in [1.29, 1.82) is 0 Å². The van der Waals surface area contributed by atoms with Crippen molar-refractivity contribution in [2.24, 2.45) is 0 Å². The van der Waals surface area contributed by atoms with Crippen LogP contribution in [0.4, 0.5) is 11.5 Å². The molecule has 134 valence electrons. The zero-order valence-electron chi connectivity index (χ0n) is 14.2. The van der Waals surface area contributed by atoms with E-state index in [0.29, 0.717) is 25.2 Å². The van der Waals surface area contributed by atoms with Gasteiger partial charge in [-0.25, -0.2) is 4.98 Å². The Morgan fingerprint density at radius 2 is 2.00 bits per heavy atom. The van der Waals surface area contributed by atoms with Gasteiger partial charge in [0.05, 0.1) is 11.5 Å². The Labute approximate surface area is 149 Å². The van der Waals surface area contributed by atoms with Crippen molar-refractivity contribution in [3.8, 4) is 5.75 Å². The molecule has 2 aromatic heterocycles. The lowest BCUT2D eigenvalue weighted by atomic mass is 10.1. The van der Waals surface area contributed by atoms with E-state index >= 15 is 0 Å². The lowest BCUT2D eigenvalue weighted by Gasteiger charge is -2.11. The highest BCUT2D eigenvalue weighted by molar-refractivity contribution is 5.59. The van der Waals surface area contributed by atoms with Gasteiger partial charge in [-0.1, -0.05) is 24.3 Å². The molecule has 0 amide bonds. The smallest absolute Gasteiger partial charge is 0.376 e. The van der Waals surface area contributed by atoms with Crippen molar-refractivity contribution < 1.29 is 9.66 Å². The van der Waals surface area contributed by atoms with E-state index in [-0.39, 0.29) is 5.82 Å². The Morgan fingerprint density at radius 3 is 2.77 bits per heavy atom. The van der Waals surface area contributed by atoms with E-state index in [0.717, 1.165) is 15.7 Å². The van der Waals surface area contributed by atoms with Crippen LogP contribution in [0, 0.1) is 10.1 Å². The Balaban J connectivity index is 1.86. The number of para-hydroxylation sites is 1. The molecule has 3 rings (SSSR count). The van der Waals surface area contributed by atoms with Crippen LogP contribution in [-0.2, 0) is 6.42 Å². The van der Waals surface area contributed by atoms with Crippen LogP contribution in [-0.4, -0.2) is 27.5 Å². The van der Waals surface area contributed by atoms with Crippen molar-refractivity contribution in [2.45, 2.75) is 13.3 Å². The zero-order valence-corrected chi connectivity index (χ0v) is 14.2. The molecule has 1 aromatic carbocycles. The third-order valence-electron chi connectivity index (χ3n) is 3.85. The standard InChI is InChI=1S/C18H18N4O4/c1-2-26-14-8-4-3-7-13(14)10-11-19-17-16(22(24)25)18(23)21-12-6-5-9-15(21)20-17/h3-9,12,19H,2,10-11H2,1H3. The van der Waals surface area contributed by atoms with Gasteiger partial charge in [-0.2, -0.15) is 0 Å². The third kappa shape index (κ3) is 3.49. The van der Waals surface area contributed by atoms with Gasteiger partial charge in [-0.05, 0) is 37.1 Å². The second kappa shape index (κ2) is 7.64. The van der Waals surface area contributed by atoms with E-state index in [2.05, 4.69) is 10.3 Å². The van der Waals surface area contributed by atoms with Gasteiger partial charge in [-0.3, -0.25) is 19.3 Å². The molecular weight excluding hydrogens is 336 g/mol. The topological polar surface area (TPSA) is 98.8 Å². The van der Waals surface area contributed by atoms with Crippen LogP contribution in [0.3, 0.4) is 0 Å². The lowest BCUT2D eigenvalue weighted by molar-refractivity contribution is -0.385. The van der Waals surface area contributed by atoms with Crippen LogP contribution in [0.25, 0.3) is 5.65 Å². The highest BCUT2D eigenvalue weighted by Crippen LogP contribution is 2.21. The third-order valence-corrected chi connectivity index (χ3v) is 3.85. The number of hydrogen-bond donors (Lipinski definition) is 1. The van der Waals surface area contributed by atoms with Gasteiger partial charge in [-0.15, -0.1) is 0 Å². The molecule has 0 aliphatic carbocycles. The number of nitrogens with zero attached hydrogens (tertiary/aromatic N) is 3. The van der Waals surface area contributed by atoms with Crippen molar-refractivity contribution in [2.75, 3.05) is 18.5 Å². The summed E-state index contributed by atoms with van der Waals surface area (Å²) in [5.74, 6) is 0.748. The Hall–Kier alpha value is -3.42. The minimum absolute atomic E-state index is 0.0277. The monoisotopic (exact) mass is 354 g/mol. The normalized spacial score (nSPS) is 10.7. The Bertz CT molecular complexity index is 1000. The van der Waals surface area contributed by atoms with Gasteiger partial charge < -0.3 is 10.1 Å². The summed E-state index contributed by atoms with van der Waals surface area (Å²) in [4.78, 5) is 27.3. The first-order chi connectivity index (χ1) is 12.6. The summed E-state index contributed by atoms with van der Waals surface area (Å²) in [5.41, 5.74) is 0.0481. The molecule has 0 unspecified atom stereocenters. The van der Waals surface area contributed by atoms with Gasteiger partial charge in [0.25, 0.3) is 0 Å². The summed E-state index contributed by atoms with van der Waals surface area (Å²) in [6.07, 6.45) is 2.03. The molecule has 1 N–H and O–H groups in total. The van der Waals surface area contributed by atoms with Crippen LogP contribution in [0.15, 0.2) is 53.5 Å². The predicted octanol–water partition coefficient (Wildman–Crippen LogP) is 2.66. The first-order valence-electron chi connectivity index (χ1n) is 8.22. The first-order valence-corrected chi connectivity index (χ1v) is 8.22. The minimum Gasteiger partial charge on any atom is -0.494 e. The predicted molar refractivity (Wildman–Crippen MR) is 97.9 cm³/mol. The fourth-order valence-corrected chi connectivity index (χ4v) is 2.69. The maximum Gasteiger partial charge on any atom is 0.376 e. The molecule has 0 bridgehead atoms. The molecule has 8 nitrogen and oxygen atoms in total. The van der Waals surface area contributed by atoms with Gasteiger partial charge in [0.2, 0.25) is 5.82 Å². The lowest BCUT2D eigenvalue weighted by Crippen LogP contribution is -2.21. The summed E-state index contributed by atoms with van der Waals surface area (Å²) >= 11 is 0. The van der Waals surface area contributed by atoms with E-state index < -0.39 is 16.2 Å². The quantitative estimate of drug-likeness (QED) is 0.517. The Morgan fingerprint density at radius 1 is 1.23 bits per heavy atom. The van der Waals surface area contributed by atoms with Gasteiger partial charge >= 0.3 is 11.2 Å². The second-order valence-corrected chi connectivity index (χ2v) is 5.52. The van der Waals surface area contributed by atoms with Gasteiger partial charge in [0.1, 0.15) is 11.4 Å². The van der Waals surface area contributed by atoms with Crippen molar-refractivity contribution in [1.82, 2.24) is 9.38 Å². The molecule has 2 heterocycles. The number of nitrogens with one attached hydrogen (secondary N) is 1.